The Kier molecular flexibility index (Phi) is 7.88. The fourth-order valence-electron chi connectivity index (χ4n) is 1.95. The van der Waals surface area contributed by atoms with Crippen LogP contribution < -0.4 is 0 Å². The van der Waals surface area contributed by atoms with Gasteiger partial charge in [-0.05, 0) is 12.8 Å². The molecule has 122 valence electrons. The van der Waals surface area contributed by atoms with E-state index in [0.29, 0.717) is 6.42 Å². The predicted molar refractivity (Wildman–Crippen MR) is 63.2 cm³/mol. The summed E-state index contributed by atoms with van der Waals surface area (Å²) in [4.78, 5) is 0. The third kappa shape index (κ3) is 5.87. The van der Waals surface area contributed by atoms with Gasteiger partial charge in [-0.15, -0.1) is 0 Å². The van der Waals surface area contributed by atoms with Crippen LogP contribution in [0.2, 0.25) is 0 Å². The Labute approximate surface area is 114 Å². The summed E-state index contributed by atoms with van der Waals surface area (Å²) in [6.07, 6.45) is -8.26. The molecule has 7 heteroatoms. The van der Waals surface area contributed by atoms with E-state index < -0.39 is 30.9 Å². The zero-order valence-corrected chi connectivity index (χ0v) is 11.5. The van der Waals surface area contributed by atoms with Gasteiger partial charge in [0.1, 0.15) is 0 Å². The Morgan fingerprint density at radius 2 is 0.900 bits per heavy atom. The third-order valence-electron chi connectivity index (χ3n) is 3.27. The van der Waals surface area contributed by atoms with E-state index in [4.69, 9.17) is 0 Å². The topological polar surface area (TPSA) is 0 Å². The third-order valence-corrected chi connectivity index (χ3v) is 3.27. The van der Waals surface area contributed by atoms with Crippen molar-refractivity contribution in [3.63, 3.8) is 0 Å². The largest absolute Gasteiger partial charge is 0.431 e. The van der Waals surface area contributed by atoms with Crippen LogP contribution in [0.3, 0.4) is 0 Å². The van der Waals surface area contributed by atoms with Gasteiger partial charge in [0.25, 0.3) is 5.67 Å². The van der Waals surface area contributed by atoms with Crippen molar-refractivity contribution in [3.8, 4) is 0 Å². The first-order chi connectivity index (χ1) is 9.06. The average molecular weight is 310 g/mol. The van der Waals surface area contributed by atoms with Gasteiger partial charge in [-0.2, -0.15) is 26.3 Å². The van der Waals surface area contributed by atoms with Crippen molar-refractivity contribution in [1.29, 1.82) is 0 Å². The molecule has 0 nitrogen and oxygen atoms in total. The lowest BCUT2D eigenvalue weighted by molar-refractivity contribution is -0.343. The van der Waals surface area contributed by atoms with Crippen molar-refractivity contribution < 1.29 is 30.7 Å². The zero-order valence-electron chi connectivity index (χ0n) is 11.5. The summed E-state index contributed by atoms with van der Waals surface area (Å²) in [5.41, 5.74) is -5.08. The van der Waals surface area contributed by atoms with Crippen LogP contribution in [0.4, 0.5) is 30.7 Å². The van der Waals surface area contributed by atoms with Crippen LogP contribution in [0, 0.1) is 0 Å². The van der Waals surface area contributed by atoms with Crippen molar-refractivity contribution in [3.05, 3.63) is 0 Å². The van der Waals surface area contributed by atoms with Crippen molar-refractivity contribution in [2.45, 2.75) is 82.7 Å². The molecule has 0 aromatic carbocycles. The summed E-state index contributed by atoms with van der Waals surface area (Å²) < 4.78 is 86.6. The lowest BCUT2D eigenvalue weighted by atomic mass is 9.96. The van der Waals surface area contributed by atoms with Gasteiger partial charge in [0.15, 0.2) is 0 Å². The fourth-order valence-corrected chi connectivity index (χ4v) is 1.95. The monoisotopic (exact) mass is 310 g/mol. The van der Waals surface area contributed by atoms with Gasteiger partial charge in [-0.1, -0.05) is 51.9 Å². The molecule has 0 amide bonds. The van der Waals surface area contributed by atoms with E-state index in [1.165, 1.54) is 0 Å². The van der Waals surface area contributed by atoms with Crippen molar-refractivity contribution in [2.75, 3.05) is 0 Å². The smallest absolute Gasteiger partial charge is 0.224 e. The highest BCUT2D eigenvalue weighted by atomic mass is 19.4. The molecule has 0 atom stereocenters. The van der Waals surface area contributed by atoms with E-state index >= 15 is 0 Å². The molecular weight excluding hydrogens is 289 g/mol. The molecule has 0 aromatic rings. The molecule has 0 bridgehead atoms. The molecule has 0 aliphatic rings. The van der Waals surface area contributed by atoms with E-state index in [1.54, 1.807) is 0 Å². The van der Waals surface area contributed by atoms with Gasteiger partial charge in [0, 0.05) is 0 Å². The molecule has 0 saturated carbocycles. The van der Waals surface area contributed by atoms with Crippen molar-refractivity contribution in [2.24, 2.45) is 0 Å². The van der Waals surface area contributed by atoms with Crippen LogP contribution in [-0.2, 0) is 0 Å². The molecule has 0 heterocycles. The summed E-state index contributed by atoms with van der Waals surface area (Å²) in [6, 6.07) is 0. The van der Waals surface area contributed by atoms with E-state index in [-0.39, 0.29) is 6.42 Å². The Hall–Kier alpha value is -0.490. The maximum Gasteiger partial charge on any atom is 0.431 e. The minimum absolute atomic E-state index is 0.184. The molecule has 0 N–H and O–H groups in total. The van der Waals surface area contributed by atoms with Crippen molar-refractivity contribution >= 4 is 0 Å². The molecule has 0 fully saturated rings. The highest BCUT2D eigenvalue weighted by molar-refractivity contribution is 4.94. The average Bonchev–Trinajstić information content (AvgIpc) is 2.29. The van der Waals surface area contributed by atoms with E-state index in [9.17, 15) is 30.7 Å². The summed E-state index contributed by atoms with van der Waals surface area (Å²) in [5.74, 6) is 0. The van der Waals surface area contributed by atoms with Crippen LogP contribution in [0.1, 0.15) is 64.7 Å². The van der Waals surface area contributed by atoms with Crippen LogP contribution >= 0.6 is 0 Å². The number of unbranched alkanes of at least 4 members (excludes halogenated alkanes) is 7. The summed E-state index contributed by atoms with van der Waals surface area (Å²) >= 11 is 0. The molecule has 0 aliphatic carbocycles. The second kappa shape index (κ2) is 8.08. The number of hydrogen-bond donors (Lipinski definition) is 0. The number of hydrogen-bond acceptors (Lipinski definition) is 0. The van der Waals surface area contributed by atoms with Crippen LogP contribution in [0.15, 0.2) is 0 Å². The molecule has 0 rings (SSSR count). The normalized spacial score (nSPS) is 13.8. The maximum absolute atomic E-state index is 13.2. The van der Waals surface area contributed by atoms with E-state index in [0.717, 1.165) is 32.1 Å². The molecule has 0 saturated heterocycles. The minimum Gasteiger partial charge on any atom is -0.224 e. The quantitative estimate of drug-likeness (QED) is 0.344. The van der Waals surface area contributed by atoms with Crippen LogP contribution in [-0.4, -0.2) is 18.0 Å². The summed E-state index contributed by atoms with van der Waals surface area (Å²) in [5, 5.41) is 0. The highest BCUT2D eigenvalue weighted by Crippen LogP contribution is 2.49. The summed E-state index contributed by atoms with van der Waals surface area (Å²) in [7, 11) is 0. The van der Waals surface area contributed by atoms with Gasteiger partial charge in [-0.3, -0.25) is 0 Å². The SMILES string of the molecule is CCCCCCCCCCC(F)(C(F)(F)F)C(F)(F)F. The number of halogens is 7. The molecule has 0 aliphatic heterocycles. The fraction of sp³-hybridized carbons (Fsp3) is 1.00. The van der Waals surface area contributed by atoms with E-state index in [1.807, 2.05) is 6.92 Å². The van der Waals surface area contributed by atoms with Gasteiger partial charge in [0.2, 0.25) is 0 Å². The first-order valence-electron chi connectivity index (χ1n) is 6.88. The Morgan fingerprint density at radius 1 is 0.550 bits per heavy atom. The number of rotatable bonds is 9. The second-order valence-corrected chi connectivity index (χ2v) is 5.02. The first-order valence-corrected chi connectivity index (χ1v) is 6.88. The first kappa shape index (κ1) is 19.5. The van der Waals surface area contributed by atoms with Crippen molar-refractivity contribution in [1.82, 2.24) is 0 Å². The molecule has 20 heavy (non-hydrogen) atoms. The Bertz CT molecular complexity index is 240. The zero-order chi connectivity index (χ0) is 15.9. The van der Waals surface area contributed by atoms with Crippen LogP contribution in [0.5, 0.6) is 0 Å². The molecule has 0 radical (unpaired) electrons. The minimum atomic E-state index is -5.91. The molecular formula is C13H21F7. The molecule has 0 aromatic heterocycles. The molecule has 0 spiro atoms. The van der Waals surface area contributed by atoms with Gasteiger partial charge < -0.3 is 0 Å². The Morgan fingerprint density at radius 3 is 1.25 bits per heavy atom. The summed E-state index contributed by atoms with van der Waals surface area (Å²) in [6.45, 7) is 2.04. The predicted octanol–water partition coefficient (Wildman–Crippen LogP) is 6.35. The number of alkyl halides is 7. The second-order valence-electron chi connectivity index (χ2n) is 5.02. The highest BCUT2D eigenvalue weighted by Gasteiger charge is 2.71. The molecule has 0 unspecified atom stereocenters. The Balaban J connectivity index is 4.07. The van der Waals surface area contributed by atoms with Gasteiger partial charge in [-0.25, -0.2) is 4.39 Å². The lowest BCUT2D eigenvalue weighted by Crippen LogP contribution is -2.53. The standard InChI is InChI=1S/C13H21F7/c1-2-3-4-5-6-7-8-9-10-11(14,12(15,16)17)13(18,19)20/h2-10H2,1H3. The van der Waals surface area contributed by atoms with Crippen LogP contribution in [0.25, 0.3) is 0 Å². The van der Waals surface area contributed by atoms with E-state index in [2.05, 4.69) is 0 Å². The van der Waals surface area contributed by atoms with Gasteiger partial charge in [0.05, 0.1) is 0 Å². The maximum atomic E-state index is 13.2. The lowest BCUT2D eigenvalue weighted by Gasteiger charge is -2.29. The van der Waals surface area contributed by atoms with Gasteiger partial charge >= 0.3 is 12.4 Å².